The summed E-state index contributed by atoms with van der Waals surface area (Å²) < 4.78 is 7.22. The zero-order valence-corrected chi connectivity index (χ0v) is 15.9. The maximum atomic E-state index is 9.67. The zero-order chi connectivity index (χ0) is 19.6. The van der Waals surface area contributed by atoms with Gasteiger partial charge in [0.1, 0.15) is 35.9 Å². The molecule has 0 radical (unpaired) electrons. The van der Waals surface area contributed by atoms with Gasteiger partial charge in [0.2, 0.25) is 0 Å². The molecule has 0 aliphatic carbocycles. The Morgan fingerprint density at radius 2 is 2.11 bits per heavy atom. The van der Waals surface area contributed by atoms with Gasteiger partial charge < -0.3 is 10.5 Å². The minimum Gasteiger partial charge on any atom is -0.496 e. The number of nitriles is 1. The van der Waals surface area contributed by atoms with E-state index in [0.717, 1.165) is 33.7 Å². The van der Waals surface area contributed by atoms with Gasteiger partial charge in [-0.05, 0) is 36.1 Å². The predicted octanol–water partition coefficient (Wildman–Crippen LogP) is 3.28. The van der Waals surface area contributed by atoms with Gasteiger partial charge in [0.05, 0.1) is 13.7 Å². The third kappa shape index (κ3) is 3.47. The van der Waals surface area contributed by atoms with Crippen LogP contribution in [0.4, 0.5) is 5.82 Å². The standard InChI is InChI=1S/C20H22N6O/c1-12(2)19-13(3)18(16(8-21)20(22)25-19)14-5-6-17(27-4)15(7-14)9-26-11-23-10-24-26/h5-7,10-12H,9H2,1-4H3,(H2,22,25). The van der Waals surface area contributed by atoms with Gasteiger partial charge >= 0.3 is 0 Å². The van der Waals surface area contributed by atoms with E-state index in [4.69, 9.17) is 10.5 Å². The molecule has 7 heteroatoms. The second kappa shape index (κ2) is 7.46. The van der Waals surface area contributed by atoms with Crippen LogP contribution in [0.1, 0.15) is 42.1 Å². The molecular weight excluding hydrogens is 340 g/mol. The number of pyridine rings is 1. The molecule has 0 saturated carbocycles. The highest BCUT2D eigenvalue weighted by Crippen LogP contribution is 2.36. The molecule has 0 bridgehead atoms. The monoisotopic (exact) mass is 362 g/mol. The highest BCUT2D eigenvalue weighted by atomic mass is 16.5. The van der Waals surface area contributed by atoms with E-state index < -0.39 is 0 Å². The fraction of sp³-hybridized carbons (Fsp3) is 0.300. The van der Waals surface area contributed by atoms with E-state index in [1.54, 1.807) is 18.1 Å². The van der Waals surface area contributed by atoms with Crippen molar-refractivity contribution in [3.8, 4) is 22.9 Å². The molecule has 3 rings (SSSR count). The number of anilines is 1. The average molecular weight is 362 g/mol. The Morgan fingerprint density at radius 3 is 2.70 bits per heavy atom. The lowest BCUT2D eigenvalue weighted by molar-refractivity contribution is 0.407. The van der Waals surface area contributed by atoms with Gasteiger partial charge in [-0.15, -0.1) is 0 Å². The molecular formula is C20H22N6O. The van der Waals surface area contributed by atoms with Crippen molar-refractivity contribution in [2.45, 2.75) is 33.2 Å². The molecule has 0 saturated heterocycles. The van der Waals surface area contributed by atoms with Gasteiger partial charge in [0.25, 0.3) is 0 Å². The zero-order valence-electron chi connectivity index (χ0n) is 15.9. The van der Waals surface area contributed by atoms with Gasteiger partial charge in [0.15, 0.2) is 0 Å². The number of methoxy groups -OCH3 is 1. The van der Waals surface area contributed by atoms with Crippen LogP contribution in [0.25, 0.3) is 11.1 Å². The van der Waals surface area contributed by atoms with Crippen molar-refractivity contribution < 1.29 is 4.74 Å². The number of ether oxygens (including phenoxy) is 1. The molecule has 7 nitrogen and oxygen atoms in total. The third-order valence-corrected chi connectivity index (χ3v) is 4.53. The molecule has 0 fully saturated rings. The average Bonchev–Trinajstić information content (AvgIpc) is 3.15. The third-order valence-electron chi connectivity index (χ3n) is 4.53. The first-order valence-corrected chi connectivity index (χ1v) is 8.66. The van der Waals surface area contributed by atoms with Gasteiger partial charge in [0, 0.05) is 16.8 Å². The number of nitrogen functional groups attached to an aromatic ring is 1. The van der Waals surface area contributed by atoms with Crippen molar-refractivity contribution in [2.24, 2.45) is 0 Å². The summed E-state index contributed by atoms with van der Waals surface area (Å²) >= 11 is 0. The second-order valence-corrected chi connectivity index (χ2v) is 6.64. The lowest BCUT2D eigenvalue weighted by Crippen LogP contribution is -2.07. The topological polar surface area (TPSA) is 103 Å². The maximum Gasteiger partial charge on any atom is 0.142 e. The van der Waals surface area contributed by atoms with Crippen LogP contribution in [0.3, 0.4) is 0 Å². The minimum atomic E-state index is 0.201. The lowest BCUT2D eigenvalue weighted by Gasteiger charge is -2.18. The molecule has 0 unspecified atom stereocenters. The largest absolute Gasteiger partial charge is 0.496 e. The Bertz CT molecular complexity index is 1000. The Balaban J connectivity index is 2.20. The summed E-state index contributed by atoms with van der Waals surface area (Å²) in [5.41, 5.74) is 11.0. The summed E-state index contributed by atoms with van der Waals surface area (Å²) in [6.07, 6.45) is 3.14. The van der Waals surface area contributed by atoms with Gasteiger partial charge in [-0.2, -0.15) is 10.4 Å². The highest BCUT2D eigenvalue weighted by Gasteiger charge is 2.20. The summed E-state index contributed by atoms with van der Waals surface area (Å²) in [6, 6.07) is 8.06. The molecule has 0 aliphatic heterocycles. The quantitative estimate of drug-likeness (QED) is 0.747. The van der Waals surface area contributed by atoms with Gasteiger partial charge in [-0.25, -0.2) is 14.6 Å². The molecule has 2 aromatic heterocycles. The van der Waals surface area contributed by atoms with Crippen molar-refractivity contribution in [3.63, 3.8) is 0 Å². The van der Waals surface area contributed by atoms with Crippen LogP contribution in [0.15, 0.2) is 30.9 Å². The van der Waals surface area contributed by atoms with Crippen LogP contribution in [-0.2, 0) is 6.54 Å². The number of rotatable bonds is 5. The van der Waals surface area contributed by atoms with E-state index in [9.17, 15) is 5.26 Å². The summed E-state index contributed by atoms with van der Waals surface area (Å²) in [7, 11) is 1.63. The molecule has 0 amide bonds. The molecule has 1 aromatic carbocycles. The molecule has 3 aromatic rings. The summed E-state index contributed by atoms with van der Waals surface area (Å²) in [6.45, 7) is 6.62. The SMILES string of the molecule is COc1ccc(-c2c(C)c(C(C)C)nc(N)c2C#N)cc1Cn1cncn1. The number of hydrogen-bond donors (Lipinski definition) is 1. The van der Waals surface area contributed by atoms with Crippen LogP contribution in [0.2, 0.25) is 0 Å². The van der Waals surface area contributed by atoms with Crippen LogP contribution in [-0.4, -0.2) is 26.9 Å². The molecule has 0 spiro atoms. The number of aromatic nitrogens is 4. The van der Waals surface area contributed by atoms with Crippen LogP contribution >= 0.6 is 0 Å². The lowest BCUT2D eigenvalue weighted by atomic mass is 9.91. The number of nitrogens with zero attached hydrogens (tertiary/aromatic N) is 5. The fourth-order valence-electron chi connectivity index (χ4n) is 3.30. The van der Waals surface area contributed by atoms with E-state index >= 15 is 0 Å². The predicted molar refractivity (Wildman–Crippen MR) is 103 cm³/mol. The van der Waals surface area contributed by atoms with E-state index in [0.29, 0.717) is 12.1 Å². The molecule has 0 aliphatic rings. The second-order valence-electron chi connectivity index (χ2n) is 6.64. The number of hydrogen-bond acceptors (Lipinski definition) is 6. The first-order chi connectivity index (χ1) is 13.0. The van der Waals surface area contributed by atoms with Crippen LogP contribution in [0, 0.1) is 18.3 Å². The minimum absolute atomic E-state index is 0.201. The molecule has 0 atom stereocenters. The molecule has 27 heavy (non-hydrogen) atoms. The number of benzene rings is 1. The summed E-state index contributed by atoms with van der Waals surface area (Å²) in [5, 5.41) is 13.8. The number of nitrogens with two attached hydrogens (primary N) is 1. The van der Waals surface area contributed by atoms with Crippen LogP contribution < -0.4 is 10.5 Å². The Morgan fingerprint density at radius 1 is 1.33 bits per heavy atom. The molecule has 138 valence electrons. The van der Waals surface area contributed by atoms with Crippen molar-refractivity contribution >= 4 is 5.82 Å². The Labute approximate surface area is 158 Å². The first-order valence-electron chi connectivity index (χ1n) is 8.66. The van der Waals surface area contributed by atoms with Crippen molar-refractivity contribution in [1.29, 1.82) is 5.26 Å². The highest BCUT2D eigenvalue weighted by molar-refractivity contribution is 5.79. The summed E-state index contributed by atoms with van der Waals surface area (Å²) in [5.74, 6) is 1.21. The molecule has 2 heterocycles. The smallest absolute Gasteiger partial charge is 0.142 e. The normalized spacial score (nSPS) is 10.8. The fourth-order valence-corrected chi connectivity index (χ4v) is 3.30. The summed E-state index contributed by atoms with van der Waals surface area (Å²) in [4.78, 5) is 8.44. The first kappa shape index (κ1) is 18.4. The van der Waals surface area contributed by atoms with E-state index in [-0.39, 0.29) is 11.7 Å². The van der Waals surface area contributed by atoms with Crippen molar-refractivity contribution in [3.05, 3.63) is 53.2 Å². The van der Waals surface area contributed by atoms with Crippen LogP contribution in [0.5, 0.6) is 5.75 Å². The van der Waals surface area contributed by atoms with E-state index in [1.165, 1.54) is 6.33 Å². The van der Waals surface area contributed by atoms with Crippen molar-refractivity contribution in [1.82, 2.24) is 19.7 Å². The van der Waals surface area contributed by atoms with E-state index in [1.807, 2.05) is 25.1 Å². The Hall–Kier alpha value is -3.40. The van der Waals surface area contributed by atoms with Gasteiger partial charge in [-0.1, -0.05) is 19.9 Å². The maximum absolute atomic E-state index is 9.67. The Kier molecular flexibility index (Phi) is 5.08. The van der Waals surface area contributed by atoms with E-state index in [2.05, 4.69) is 35.0 Å². The van der Waals surface area contributed by atoms with Gasteiger partial charge in [-0.3, -0.25) is 0 Å². The molecule has 2 N–H and O–H groups in total. The van der Waals surface area contributed by atoms with Crippen molar-refractivity contribution in [2.75, 3.05) is 12.8 Å².